The normalized spacial score (nSPS) is 20.2. The van der Waals surface area contributed by atoms with Gasteiger partial charge in [-0.25, -0.2) is 4.90 Å². The van der Waals surface area contributed by atoms with E-state index in [-0.39, 0.29) is 18.9 Å². The third-order valence-corrected chi connectivity index (χ3v) is 12.7. The number of ether oxygens (including phenoxy) is 1. The molecule has 4 amide bonds. The Labute approximate surface area is 389 Å². The average molecular weight is 908 g/mol. The van der Waals surface area contributed by atoms with Crippen molar-refractivity contribution in [2.75, 3.05) is 13.2 Å². The number of imide groups is 1. The molecule has 0 unspecified atom stereocenters. The molecule has 0 aromatic rings. The minimum atomic E-state index is -2.25. The third-order valence-electron chi connectivity index (χ3n) is 12.7. The number of amides is 4. The molecule has 0 spiro atoms. The molecule has 1 fully saturated rings. The van der Waals surface area contributed by atoms with Gasteiger partial charge in [-0.05, 0) is 59.3 Å². The first-order valence-electron chi connectivity index (χ1n) is 26.1. The van der Waals surface area contributed by atoms with Gasteiger partial charge in [0, 0.05) is 19.4 Å². The summed E-state index contributed by atoms with van der Waals surface area (Å²) < 4.78 is 6.38. The molecule has 0 bridgehead atoms. The maximum atomic E-state index is 14.6. The molecule has 1 rings (SSSR count). The van der Waals surface area contributed by atoms with Crippen molar-refractivity contribution in [3.8, 4) is 0 Å². The molecule has 0 aromatic carbocycles. The van der Waals surface area contributed by atoms with Gasteiger partial charge >= 0.3 is 0 Å². The largest absolute Gasteiger partial charge is 0.394 e. The summed E-state index contributed by atoms with van der Waals surface area (Å²) in [6.07, 6.45) is 32.6. The van der Waals surface area contributed by atoms with Gasteiger partial charge in [-0.2, -0.15) is 0 Å². The van der Waals surface area contributed by atoms with E-state index >= 15 is 0 Å². The van der Waals surface area contributed by atoms with Crippen LogP contribution in [0.4, 0.5) is 0 Å². The van der Waals surface area contributed by atoms with Gasteiger partial charge in [-0.1, -0.05) is 174 Å². The second-order valence-corrected chi connectivity index (χ2v) is 18.8. The summed E-state index contributed by atoms with van der Waals surface area (Å²) >= 11 is 0. The van der Waals surface area contributed by atoms with Crippen molar-refractivity contribution in [1.82, 2.24) is 15.1 Å². The van der Waals surface area contributed by atoms with E-state index in [1.165, 1.54) is 135 Å². The molecule has 0 aliphatic carbocycles. The molecule has 1 aliphatic rings. The van der Waals surface area contributed by atoms with Crippen LogP contribution in [0, 0.1) is 0 Å². The first-order valence-corrected chi connectivity index (χ1v) is 26.1. The van der Waals surface area contributed by atoms with Gasteiger partial charge < -0.3 is 36.8 Å². The van der Waals surface area contributed by atoms with Gasteiger partial charge in [-0.3, -0.25) is 24.1 Å². The molecule has 1 aliphatic heterocycles. The minimum absolute atomic E-state index is 0.0832. The standard InChI is InChI=1S/C51H97N5O8/c1-6-8-10-12-14-16-18-20-22-24-26-28-30-32-34-36-38-55(46(59)37-35-33-31-29-27-25-23-21-19-17-15-13-11-9-7-2)51(39-44(58)47(60)45(40-57)64-51)56(49(62)42(4)53)50(63)43(5)54-48(61)41(3)52/h21,23,41-45,47,57-58,60H,6-20,22,24-40,52-53H2,1-5H3,(H,54,61)/b23-21-/t41-,42-,43-,44+,45+,47-,51+/m0/s1. The molecule has 374 valence electrons. The van der Waals surface area contributed by atoms with E-state index in [4.69, 9.17) is 16.2 Å². The van der Waals surface area contributed by atoms with Crippen molar-refractivity contribution >= 4 is 23.6 Å². The van der Waals surface area contributed by atoms with Crippen LogP contribution in [0.25, 0.3) is 0 Å². The first-order chi connectivity index (χ1) is 30.8. The number of unbranched alkanes of at least 4 members (excludes halogenated alkanes) is 26. The number of carbonyl (C=O) groups is 4. The number of aliphatic hydroxyl groups excluding tert-OH is 3. The van der Waals surface area contributed by atoms with E-state index < -0.39 is 73.0 Å². The maximum absolute atomic E-state index is 14.6. The zero-order valence-corrected chi connectivity index (χ0v) is 41.4. The lowest BCUT2D eigenvalue weighted by Gasteiger charge is -2.55. The van der Waals surface area contributed by atoms with E-state index in [0.717, 1.165) is 69.1 Å². The number of nitrogens with two attached hydrogens (primary N) is 2. The van der Waals surface area contributed by atoms with E-state index in [1.807, 2.05) is 0 Å². The molecule has 0 radical (unpaired) electrons. The molecule has 1 saturated heterocycles. The monoisotopic (exact) mass is 908 g/mol. The predicted octanol–water partition coefficient (Wildman–Crippen LogP) is 8.83. The van der Waals surface area contributed by atoms with Crippen LogP contribution in [0.5, 0.6) is 0 Å². The highest BCUT2D eigenvalue weighted by Crippen LogP contribution is 2.38. The van der Waals surface area contributed by atoms with Crippen LogP contribution >= 0.6 is 0 Å². The van der Waals surface area contributed by atoms with Crippen molar-refractivity contribution in [1.29, 1.82) is 0 Å². The van der Waals surface area contributed by atoms with Gasteiger partial charge in [-0.15, -0.1) is 0 Å². The molecule has 8 N–H and O–H groups in total. The summed E-state index contributed by atoms with van der Waals surface area (Å²) in [4.78, 5) is 57.9. The molecule has 1 heterocycles. The van der Waals surface area contributed by atoms with Gasteiger partial charge in [0.05, 0.1) is 24.8 Å². The summed E-state index contributed by atoms with van der Waals surface area (Å²) in [7, 11) is 0. The first kappa shape index (κ1) is 59.6. The summed E-state index contributed by atoms with van der Waals surface area (Å²) in [5.41, 5.74) is 11.9. The predicted molar refractivity (Wildman–Crippen MR) is 259 cm³/mol. The second kappa shape index (κ2) is 36.7. The highest BCUT2D eigenvalue weighted by Gasteiger charge is 2.58. The van der Waals surface area contributed by atoms with E-state index in [9.17, 15) is 34.5 Å². The summed E-state index contributed by atoms with van der Waals surface area (Å²) in [5.74, 6) is -5.11. The summed E-state index contributed by atoms with van der Waals surface area (Å²) in [6, 6.07) is -3.52. The van der Waals surface area contributed by atoms with Crippen molar-refractivity contribution in [2.45, 2.75) is 276 Å². The van der Waals surface area contributed by atoms with Gasteiger partial charge in [0.1, 0.15) is 18.2 Å². The molecular weight excluding hydrogens is 811 g/mol. The molecule has 64 heavy (non-hydrogen) atoms. The highest BCUT2D eigenvalue weighted by molar-refractivity contribution is 6.02. The zero-order chi connectivity index (χ0) is 47.6. The van der Waals surface area contributed by atoms with E-state index in [1.54, 1.807) is 0 Å². The Kier molecular flexibility index (Phi) is 34.1. The Morgan fingerprint density at radius 3 is 1.48 bits per heavy atom. The van der Waals surface area contributed by atoms with Crippen LogP contribution in [0.3, 0.4) is 0 Å². The van der Waals surface area contributed by atoms with Gasteiger partial charge in [0.25, 0.3) is 5.91 Å². The lowest BCUT2D eigenvalue weighted by atomic mass is 9.94. The van der Waals surface area contributed by atoms with E-state index in [2.05, 4.69) is 31.3 Å². The fraction of sp³-hybridized carbons (Fsp3) is 0.882. The SMILES string of the molecule is CCCCCCCC/C=C\CCCCCCCC(=O)N(CCCCCCCCCCCCCCCCCC)[C@@]1(N(C(=O)[C@H](C)N)C(=O)[C@H](C)NC(=O)[C@H](C)N)C[C@@H](O)[C@H](O)[C@@H](CO)O1. The number of allylic oxidation sites excluding steroid dienone is 2. The van der Waals surface area contributed by atoms with E-state index in [0.29, 0.717) is 12.8 Å². The van der Waals surface area contributed by atoms with Crippen molar-refractivity contribution in [3.05, 3.63) is 12.2 Å². The number of aliphatic hydroxyl groups is 3. The fourth-order valence-corrected chi connectivity index (χ4v) is 8.64. The maximum Gasteiger partial charge on any atom is 0.255 e. The average Bonchev–Trinajstić information content (AvgIpc) is 3.26. The lowest BCUT2D eigenvalue weighted by molar-refractivity contribution is -0.312. The third kappa shape index (κ3) is 23.9. The number of hydrogen-bond donors (Lipinski definition) is 6. The molecule has 0 saturated carbocycles. The second-order valence-electron chi connectivity index (χ2n) is 18.8. The number of rotatable bonds is 39. The number of nitrogens with zero attached hydrogens (tertiary/aromatic N) is 2. The zero-order valence-electron chi connectivity index (χ0n) is 41.4. The molecule has 13 heteroatoms. The Balaban J connectivity index is 3.12. The Bertz CT molecular complexity index is 1270. The van der Waals surface area contributed by atoms with Crippen molar-refractivity contribution < 1.29 is 39.2 Å². The van der Waals surface area contributed by atoms with Crippen LogP contribution in [-0.2, 0) is 23.9 Å². The van der Waals surface area contributed by atoms with Gasteiger partial charge in [0.2, 0.25) is 23.6 Å². The summed E-state index contributed by atoms with van der Waals surface area (Å²) in [5, 5.41) is 35.1. The lowest BCUT2D eigenvalue weighted by Crippen LogP contribution is -2.75. The van der Waals surface area contributed by atoms with Gasteiger partial charge in [0.15, 0.2) is 0 Å². The highest BCUT2D eigenvalue weighted by atomic mass is 16.6. The van der Waals surface area contributed by atoms with Crippen LogP contribution in [-0.4, -0.2) is 104 Å². The Hall–Kier alpha value is -2.42. The fourth-order valence-electron chi connectivity index (χ4n) is 8.64. The van der Waals surface area contributed by atoms with Crippen LogP contribution in [0.1, 0.15) is 234 Å². The van der Waals surface area contributed by atoms with Crippen LogP contribution < -0.4 is 16.8 Å². The smallest absolute Gasteiger partial charge is 0.255 e. The molecular formula is C51H97N5O8. The Morgan fingerprint density at radius 2 is 1.06 bits per heavy atom. The summed E-state index contributed by atoms with van der Waals surface area (Å²) in [6.45, 7) is 8.05. The van der Waals surface area contributed by atoms with Crippen LogP contribution in [0.15, 0.2) is 12.2 Å². The minimum Gasteiger partial charge on any atom is -0.394 e. The van der Waals surface area contributed by atoms with Crippen LogP contribution in [0.2, 0.25) is 0 Å². The van der Waals surface area contributed by atoms with Crippen molar-refractivity contribution in [2.24, 2.45) is 11.5 Å². The molecule has 0 aromatic heterocycles. The topological polar surface area (TPSA) is 209 Å². The number of hydrogen-bond acceptors (Lipinski definition) is 10. The van der Waals surface area contributed by atoms with Crippen molar-refractivity contribution in [3.63, 3.8) is 0 Å². The number of nitrogens with one attached hydrogen (secondary N) is 1. The Morgan fingerprint density at radius 1 is 0.641 bits per heavy atom. The quantitative estimate of drug-likeness (QED) is 0.0196. The molecule has 7 atom stereocenters. The number of carbonyl (C=O) groups excluding carboxylic acids is 4. The molecule has 13 nitrogen and oxygen atoms in total.